The number of rotatable bonds is 4. The second kappa shape index (κ2) is 6.81. The van der Waals surface area contributed by atoms with Gasteiger partial charge in [0.1, 0.15) is 5.75 Å². The summed E-state index contributed by atoms with van der Waals surface area (Å²) >= 11 is 15.7. The normalized spacial score (nSPS) is 12.2. The van der Waals surface area contributed by atoms with Gasteiger partial charge in [-0.1, -0.05) is 41.4 Å². The third kappa shape index (κ3) is 3.47. The van der Waals surface area contributed by atoms with Crippen LogP contribution in [0.3, 0.4) is 0 Å². The molecule has 2 rings (SSSR count). The zero-order chi connectivity index (χ0) is 14.7. The average molecular weight is 375 g/mol. The van der Waals surface area contributed by atoms with Crippen LogP contribution in [0.25, 0.3) is 0 Å². The molecule has 1 atom stereocenters. The average Bonchev–Trinajstić information content (AvgIpc) is 2.42. The monoisotopic (exact) mass is 373 g/mol. The van der Waals surface area contributed by atoms with Crippen LogP contribution in [0.15, 0.2) is 40.9 Å². The van der Waals surface area contributed by atoms with Crippen molar-refractivity contribution >= 4 is 39.1 Å². The van der Waals surface area contributed by atoms with E-state index in [2.05, 4.69) is 15.9 Å². The van der Waals surface area contributed by atoms with Crippen LogP contribution in [-0.4, -0.2) is 7.11 Å². The molecule has 0 aromatic heterocycles. The number of benzene rings is 2. The van der Waals surface area contributed by atoms with Crippen molar-refractivity contribution in [3.05, 3.63) is 62.0 Å². The number of halogens is 3. The van der Waals surface area contributed by atoms with E-state index in [1.54, 1.807) is 13.2 Å². The lowest BCUT2D eigenvalue weighted by molar-refractivity contribution is 0.412. The second-order valence-electron chi connectivity index (χ2n) is 4.42. The Labute approximate surface area is 137 Å². The maximum absolute atomic E-state index is 6.23. The third-order valence-electron chi connectivity index (χ3n) is 3.05. The highest BCUT2D eigenvalue weighted by molar-refractivity contribution is 9.10. The van der Waals surface area contributed by atoms with E-state index in [4.69, 9.17) is 33.7 Å². The summed E-state index contributed by atoms with van der Waals surface area (Å²) in [6.07, 6.45) is 0.669. The van der Waals surface area contributed by atoms with Crippen LogP contribution in [0.2, 0.25) is 10.0 Å². The van der Waals surface area contributed by atoms with Gasteiger partial charge < -0.3 is 10.5 Å². The maximum atomic E-state index is 6.23. The number of hydrogen-bond donors (Lipinski definition) is 1. The lowest BCUT2D eigenvalue weighted by Crippen LogP contribution is -2.14. The molecular formula is C15H14BrCl2NO. The van der Waals surface area contributed by atoms with Crippen LogP contribution in [-0.2, 0) is 6.42 Å². The van der Waals surface area contributed by atoms with Crippen molar-refractivity contribution in [3.63, 3.8) is 0 Å². The smallest absolute Gasteiger partial charge is 0.133 e. The van der Waals surface area contributed by atoms with E-state index in [-0.39, 0.29) is 6.04 Å². The summed E-state index contributed by atoms with van der Waals surface area (Å²) in [4.78, 5) is 0. The fraction of sp³-hybridized carbons (Fsp3) is 0.200. The van der Waals surface area contributed by atoms with Gasteiger partial charge in [0.15, 0.2) is 0 Å². The first kappa shape index (κ1) is 15.6. The zero-order valence-electron chi connectivity index (χ0n) is 10.9. The van der Waals surface area contributed by atoms with Crippen molar-refractivity contribution in [3.8, 4) is 5.75 Å². The first-order valence-corrected chi connectivity index (χ1v) is 7.59. The van der Waals surface area contributed by atoms with Crippen molar-refractivity contribution in [2.45, 2.75) is 12.5 Å². The summed E-state index contributed by atoms with van der Waals surface area (Å²) < 4.78 is 6.11. The van der Waals surface area contributed by atoms with E-state index in [0.717, 1.165) is 21.3 Å². The van der Waals surface area contributed by atoms with Crippen LogP contribution in [0, 0.1) is 0 Å². The van der Waals surface area contributed by atoms with E-state index in [0.29, 0.717) is 16.5 Å². The van der Waals surface area contributed by atoms with Gasteiger partial charge in [-0.3, -0.25) is 0 Å². The molecular weight excluding hydrogens is 361 g/mol. The van der Waals surface area contributed by atoms with Gasteiger partial charge in [-0.2, -0.15) is 0 Å². The fourth-order valence-corrected chi connectivity index (χ4v) is 3.04. The molecule has 0 saturated heterocycles. The summed E-state index contributed by atoms with van der Waals surface area (Å²) in [5.74, 6) is 0.795. The van der Waals surface area contributed by atoms with E-state index in [9.17, 15) is 0 Å². The van der Waals surface area contributed by atoms with Crippen LogP contribution < -0.4 is 10.5 Å². The minimum Gasteiger partial charge on any atom is -0.496 e. The molecule has 0 heterocycles. The molecule has 0 saturated carbocycles. The summed E-state index contributed by atoms with van der Waals surface area (Å²) in [5.41, 5.74) is 8.18. The van der Waals surface area contributed by atoms with Gasteiger partial charge in [0, 0.05) is 6.04 Å². The Balaban J connectivity index is 2.21. The Morgan fingerprint density at radius 2 is 2.00 bits per heavy atom. The molecule has 20 heavy (non-hydrogen) atoms. The van der Waals surface area contributed by atoms with Crippen LogP contribution in [0.4, 0.5) is 0 Å². The standard InChI is InChI=1S/C15H14BrCl2NO/c1-20-14-6-5-9(7-11(14)16)8-13(19)10-3-2-4-12(17)15(10)18/h2-7,13H,8,19H2,1H3. The highest BCUT2D eigenvalue weighted by atomic mass is 79.9. The lowest BCUT2D eigenvalue weighted by atomic mass is 9.99. The SMILES string of the molecule is COc1ccc(CC(N)c2cccc(Cl)c2Cl)cc1Br. The topological polar surface area (TPSA) is 35.2 Å². The summed E-state index contributed by atoms with van der Waals surface area (Å²) in [6.45, 7) is 0. The van der Waals surface area contributed by atoms with Gasteiger partial charge in [-0.15, -0.1) is 0 Å². The first-order valence-electron chi connectivity index (χ1n) is 6.05. The van der Waals surface area contributed by atoms with Crippen LogP contribution >= 0.6 is 39.1 Å². The van der Waals surface area contributed by atoms with Crippen molar-refractivity contribution in [1.29, 1.82) is 0 Å². The Bertz CT molecular complexity index is 619. The minimum atomic E-state index is -0.207. The summed E-state index contributed by atoms with van der Waals surface area (Å²) in [7, 11) is 1.64. The molecule has 2 nitrogen and oxygen atoms in total. The number of hydrogen-bond acceptors (Lipinski definition) is 2. The Morgan fingerprint density at radius 3 is 2.65 bits per heavy atom. The van der Waals surface area contributed by atoms with Crippen molar-refractivity contribution < 1.29 is 4.74 Å². The number of ether oxygens (including phenoxy) is 1. The number of nitrogens with two attached hydrogens (primary N) is 1. The van der Waals surface area contributed by atoms with E-state index in [1.807, 2.05) is 30.3 Å². The van der Waals surface area contributed by atoms with Crippen molar-refractivity contribution in [2.24, 2.45) is 5.73 Å². The largest absolute Gasteiger partial charge is 0.496 e. The molecule has 5 heteroatoms. The van der Waals surface area contributed by atoms with Gasteiger partial charge in [-0.25, -0.2) is 0 Å². The fourth-order valence-electron chi connectivity index (χ4n) is 2.01. The van der Waals surface area contributed by atoms with E-state index >= 15 is 0 Å². The van der Waals surface area contributed by atoms with Gasteiger partial charge in [0.05, 0.1) is 21.6 Å². The van der Waals surface area contributed by atoms with Crippen LogP contribution in [0.5, 0.6) is 5.75 Å². The Morgan fingerprint density at radius 1 is 1.25 bits per heavy atom. The molecule has 0 aliphatic heterocycles. The molecule has 0 amide bonds. The third-order valence-corrected chi connectivity index (χ3v) is 4.51. The van der Waals surface area contributed by atoms with Gasteiger partial charge in [0.2, 0.25) is 0 Å². The lowest BCUT2D eigenvalue weighted by Gasteiger charge is -2.15. The highest BCUT2D eigenvalue weighted by Crippen LogP contribution is 2.32. The zero-order valence-corrected chi connectivity index (χ0v) is 14.0. The molecule has 0 bridgehead atoms. The van der Waals surface area contributed by atoms with Gasteiger partial charge >= 0.3 is 0 Å². The highest BCUT2D eigenvalue weighted by Gasteiger charge is 2.13. The van der Waals surface area contributed by atoms with Crippen molar-refractivity contribution in [2.75, 3.05) is 7.11 Å². The molecule has 0 spiro atoms. The van der Waals surface area contributed by atoms with Crippen molar-refractivity contribution in [1.82, 2.24) is 0 Å². The molecule has 0 fully saturated rings. The predicted octanol–water partition coefficient (Wildman–Crippen LogP) is 5.01. The van der Waals surface area contributed by atoms with Gasteiger partial charge in [0.25, 0.3) is 0 Å². The molecule has 2 aromatic rings. The minimum absolute atomic E-state index is 0.207. The molecule has 2 N–H and O–H groups in total. The quantitative estimate of drug-likeness (QED) is 0.816. The molecule has 2 aromatic carbocycles. The predicted molar refractivity (Wildman–Crippen MR) is 87.8 cm³/mol. The Hall–Kier alpha value is -0.740. The second-order valence-corrected chi connectivity index (χ2v) is 6.06. The summed E-state index contributed by atoms with van der Waals surface area (Å²) in [5, 5.41) is 1.05. The Kier molecular flexibility index (Phi) is 5.33. The van der Waals surface area contributed by atoms with Gasteiger partial charge in [-0.05, 0) is 51.7 Å². The number of methoxy groups -OCH3 is 1. The molecule has 106 valence electrons. The molecule has 0 aliphatic rings. The van der Waals surface area contributed by atoms with E-state index in [1.165, 1.54) is 0 Å². The maximum Gasteiger partial charge on any atom is 0.133 e. The summed E-state index contributed by atoms with van der Waals surface area (Å²) in [6, 6.07) is 11.2. The van der Waals surface area contributed by atoms with E-state index < -0.39 is 0 Å². The molecule has 0 aliphatic carbocycles. The first-order chi connectivity index (χ1) is 9.52. The van der Waals surface area contributed by atoms with Crippen LogP contribution in [0.1, 0.15) is 17.2 Å². The molecule has 1 unspecified atom stereocenters. The molecule has 0 radical (unpaired) electrons.